The van der Waals surface area contributed by atoms with Crippen LogP contribution in [-0.4, -0.2) is 5.91 Å². The quantitative estimate of drug-likeness (QED) is 0.830. The molecule has 0 aliphatic carbocycles. The fraction of sp³-hybridized carbons (Fsp3) is 0. The van der Waals surface area contributed by atoms with E-state index < -0.39 is 5.91 Å². The minimum atomic E-state index is -0.400. The number of nitrogens with one attached hydrogen (secondary N) is 1. The summed E-state index contributed by atoms with van der Waals surface area (Å²) in [7, 11) is 0. The maximum Gasteiger partial charge on any atom is 0.257 e. The lowest BCUT2D eigenvalue weighted by Crippen LogP contribution is -2.12. The van der Waals surface area contributed by atoms with Gasteiger partial charge in [-0.05, 0) is 36.4 Å². The van der Waals surface area contributed by atoms with E-state index in [0.717, 1.165) is 0 Å². The molecule has 0 heterocycles. The van der Waals surface area contributed by atoms with Crippen molar-refractivity contribution < 1.29 is 4.79 Å². The second-order valence-electron chi connectivity index (χ2n) is 4.00. The Morgan fingerprint density at radius 1 is 1.15 bits per heavy atom. The predicted octanol–water partition coefficient (Wildman–Crippen LogP) is 3.70. The highest BCUT2D eigenvalue weighted by molar-refractivity contribution is 6.34. The van der Waals surface area contributed by atoms with E-state index in [4.69, 9.17) is 34.2 Å². The maximum atomic E-state index is 12.1. The molecule has 4 nitrogen and oxygen atoms in total. The molecule has 0 spiro atoms. The molecule has 6 heteroatoms. The lowest BCUT2D eigenvalue weighted by molar-refractivity contribution is 0.102. The maximum absolute atomic E-state index is 12.1. The zero-order valence-corrected chi connectivity index (χ0v) is 11.7. The highest BCUT2D eigenvalue weighted by Gasteiger charge is 2.11. The van der Waals surface area contributed by atoms with Crippen molar-refractivity contribution in [2.45, 2.75) is 0 Å². The highest BCUT2D eigenvalue weighted by atomic mass is 35.5. The lowest BCUT2D eigenvalue weighted by atomic mass is 10.1. The van der Waals surface area contributed by atoms with E-state index in [1.54, 1.807) is 18.2 Å². The third kappa shape index (κ3) is 3.02. The van der Waals surface area contributed by atoms with Crippen LogP contribution in [0.25, 0.3) is 0 Å². The molecule has 1 amide bonds. The minimum absolute atomic E-state index is 0.268. The summed E-state index contributed by atoms with van der Waals surface area (Å²) in [5, 5.41) is 12.0. The van der Waals surface area contributed by atoms with Crippen LogP contribution in [0.2, 0.25) is 10.0 Å². The lowest BCUT2D eigenvalue weighted by Gasteiger charge is -2.08. The van der Waals surface area contributed by atoms with Gasteiger partial charge in [-0.25, -0.2) is 0 Å². The first-order valence-electron chi connectivity index (χ1n) is 5.57. The monoisotopic (exact) mass is 305 g/mol. The number of nitrogen functional groups attached to an aromatic ring is 1. The number of hydrogen-bond acceptors (Lipinski definition) is 3. The summed E-state index contributed by atoms with van der Waals surface area (Å²) in [5.41, 5.74) is 7.15. The van der Waals surface area contributed by atoms with Gasteiger partial charge < -0.3 is 11.1 Å². The van der Waals surface area contributed by atoms with Crippen molar-refractivity contribution in [3.05, 3.63) is 57.6 Å². The second-order valence-corrected chi connectivity index (χ2v) is 4.81. The molecule has 2 aromatic carbocycles. The Morgan fingerprint density at radius 2 is 1.90 bits per heavy atom. The molecule has 0 aliphatic heterocycles. The largest absolute Gasteiger partial charge is 0.399 e. The zero-order chi connectivity index (χ0) is 14.7. The Labute approximate surface area is 125 Å². The minimum Gasteiger partial charge on any atom is -0.399 e. The number of carbonyl (C=O) groups excluding carboxylic acids is 1. The topological polar surface area (TPSA) is 78.9 Å². The summed E-state index contributed by atoms with van der Waals surface area (Å²) in [5.74, 6) is -0.400. The van der Waals surface area contributed by atoms with E-state index in [0.29, 0.717) is 22.0 Å². The van der Waals surface area contributed by atoms with Crippen molar-refractivity contribution in [2.75, 3.05) is 11.1 Å². The number of hydrogen-bond donors (Lipinski definition) is 2. The van der Waals surface area contributed by atoms with Crippen molar-refractivity contribution in [1.82, 2.24) is 0 Å². The van der Waals surface area contributed by atoms with E-state index in [1.165, 1.54) is 18.2 Å². The number of amides is 1. The molecule has 20 heavy (non-hydrogen) atoms. The normalized spacial score (nSPS) is 9.85. The van der Waals surface area contributed by atoms with Gasteiger partial charge in [0, 0.05) is 11.4 Å². The van der Waals surface area contributed by atoms with Crippen molar-refractivity contribution >= 4 is 40.5 Å². The Hall–Kier alpha value is -2.22. The summed E-state index contributed by atoms with van der Waals surface area (Å²) in [4.78, 5) is 12.1. The number of anilines is 2. The van der Waals surface area contributed by atoms with Crippen LogP contribution in [0.3, 0.4) is 0 Å². The van der Waals surface area contributed by atoms with Crippen LogP contribution in [0.1, 0.15) is 15.9 Å². The zero-order valence-electron chi connectivity index (χ0n) is 10.2. The SMILES string of the molecule is N#Cc1ccc(NC(=O)c2cc(N)ccc2Cl)cc1Cl. The number of halogens is 2. The van der Waals surface area contributed by atoms with Gasteiger partial charge in [0.15, 0.2) is 0 Å². The van der Waals surface area contributed by atoms with Gasteiger partial charge >= 0.3 is 0 Å². The molecule has 0 saturated heterocycles. The number of nitrogens with zero attached hydrogens (tertiary/aromatic N) is 1. The first-order chi connectivity index (χ1) is 9.51. The molecule has 0 bridgehead atoms. The van der Waals surface area contributed by atoms with Gasteiger partial charge in [-0.15, -0.1) is 0 Å². The summed E-state index contributed by atoms with van der Waals surface area (Å²) in [6, 6.07) is 11.2. The van der Waals surface area contributed by atoms with Gasteiger partial charge in [0.25, 0.3) is 5.91 Å². The number of rotatable bonds is 2. The van der Waals surface area contributed by atoms with Crippen LogP contribution in [0.4, 0.5) is 11.4 Å². The molecule has 3 N–H and O–H groups in total. The number of nitriles is 1. The van der Waals surface area contributed by atoms with Gasteiger partial charge in [-0.3, -0.25) is 4.79 Å². The molecule has 0 radical (unpaired) electrons. The van der Waals surface area contributed by atoms with Crippen LogP contribution in [0.15, 0.2) is 36.4 Å². The molecule has 0 unspecified atom stereocenters. The van der Waals surface area contributed by atoms with Gasteiger partial charge in [-0.1, -0.05) is 23.2 Å². The highest BCUT2D eigenvalue weighted by Crippen LogP contribution is 2.23. The molecule has 100 valence electrons. The van der Waals surface area contributed by atoms with E-state index in [1.807, 2.05) is 6.07 Å². The van der Waals surface area contributed by atoms with E-state index >= 15 is 0 Å². The van der Waals surface area contributed by atoms with Crippen molar-refractivity contribution in [3.8, 4) is 6.07 Å². The predicted molar refractivity (Wildman–Crippen MR) is 80.0 cm³/mol. The first kappa shape index (κ1) is 14.2. The fourth-order valence-electron chi connectivity index (χ4n) is 1.60. The molecular weight excluding hydrogens is 297 g/mol. The summed E-state index contributed by atoms with van der Waals surface area (Å²) < 4.78 is 0. The molecule has 2 rings (SSSR count). The van der Waals surface area contributed by atoms with Gasteiger partial charge in [0.1, 0.15) is 6.07 Å². The number of nitrogens with two attached hydrogens (primary N) is 1. The molecule has 0 atom stereocenters. The van der Waals surface area contributed by atoms with E-state index in [9.17, 15) is 4.79 Å². The smallest absolute Gasteiger partial charge is 0.257 e. The summed E-state index contributed by atoms with van der Waals surface area (Å²) in [6.07, 6.45) is 0. The van der Waals surface area contributed by atoms with Crippen LogP contribution in [-0.2, 0) is 0 Å². The van der Waals surface area contributed by atoms with Crippen molar-refractivity contribution in [2.24, 2.45) is 0 Å². The van der Waals surface area contributed by atoms with Crippen molar-refractivity contribution in [3.63, 3.8) is 0 Å². The van der Waals surface area contributed by atoms with Crippen molar-refractivity contribution in [1.29, 1.82) is 5.26 Å². The van der Waals surface area contributed by atoms with Gasteiger partial charge in [0.05, 0.1) is 21.2 Å². The third-order valence-corrected chi connectivity index (χ3v) is 3.22. The Bertz CT molecular complexity index is 723. The van der Waals surface area contributed by atoms with Gasteiger partial charge in [-0.2, -0.15) is 5.26 Å². The number of carbonyl (C=O) groups is 1. The van der Waals surface area contributed by atoms with Crippen LogP contribution in [0.5, 0.6) is 0 Å². The number of benzene rings is 2. The van der Waals surface area contributed by atoms with Crippen LogP contribution < -0.4 is 11.1 Å². The molecule has 0 aliphatic rings. The Balaban J connectivity index is 2.26. The molecule has 2 aromatic rings. The standard InChI is InChI=1S/C14H9Cl2N3O/c15-12-4-2-9(18)5-11(12)14(20)19-10-3-1-8(7-17)13(16)6-10/h1-6H,18H2,(H,19,20). The van der Waals surface area contributed by atoms with E-state index in [2.05, 4.69) is 5.32 Å². The molecular formula is C14H9Cl2N3O. The molecule has 0 fully saturated rings. The third-order valence-electron chi connectivity index (χ3n) is 2.58. The average Bonchev–Trinajstić information content (AvgIpc) is 2.41. The molecule has 0 saturated carbocycles. The summed E-state index contributed by atoms with van der Waals surface area (Å²) in [6.45, 7) is 0. The van der Waals surface area contributed by atoms with E-state index in [-0.39, 0.29) is 10.6 Å². The Morgan fingerprint density at radius 3 is 2.55 bits per heavy atom. The van der Waals surface area contributed by atoms with Crippen LogP contribution >= 0.6 is 23.2 Å². The molecule has 0 aromatic heterocycles. The second kappa shape index (κ2) is 5.83. The Kier molecular flexibility index (Phi) is 4.14. The van der Waals surface area contributed by atoms with Crippen LogP contribution in [0, 0.1) is 11.3 Å². The average molecular weight is 306 g/mol. The summed E-state index contributed by atoms with van der Waals surface area (Å²) >= 11 is 11.8. The first-order valence-corrected chi connectivity index (χ1v) is 6.33. The fourth-order valence-corrected chi connectivity index (χ4v) is 2.03. The van der Waals surface area contributed by atoms with Gasteiger partial charge in [0.2, 0.25) is 0 Å².